The molecule has 5 heteroatoms. The first-order valence-corrected chi connectivity index (χ1v) is 7.02. The molecule has 22 heavy (non-hydrogen) atoms. The minimum atomic E-state index is 0.628. The number of hydrogen-bond donors (Lipinski definition) is 1. The van der Waals surface area contributed by atoms with Crippen LogP contribution in [0, 0.1) is 6.92 Å². The zero-order chi connectivity index (χ0) is 14.9. The molecule has 1 N–H and O–H groups in total. The predicted molar refractivity (Wildman–Crippen MR) is 85.2 cm³/mol. The lowest BCUT2D eigenvalue weighted by atomic mass is 10.2. The van der Waals surface area contributed by atoms with Crippen LogP contribution in [-0.4, -0.2) is 14.4 Å². The maximum atomic E-state index is 5.50. The maximum Gasteiger partial charge on any atom is 0.236 e. The van der Waals surface area contributed by atoms with E-state index >= 15 is 0 Å². The largest absolute Gasteiger partial charge is 0.463 e. The van der Waals surface area contributed by atoms with E-state index in [9.17, 15) is 0 Å². The molecule has 108 valence electrons. The van der Waals surface area contributed by atoms with Gasteiger partial charge in [-0.25, -0.2) is 9.97 Å². The quantitative estimate of drug-likeness (QED) is 0.618. The summed E-state index contributed by atoms with van der Waals surface area (Å²) in [6, 6.07) is 13.8. The molecule has 4 rings (SSSR count). The molecule has 4 aromatic rings. The SMILES string of the molecule is Cc1ccc(Nc2c(-c3ccco3)nc3ncccn23)cc1. The highest BCUT2D eigenvalue weighted by atomic mass is 16.3. The molecule has 0 aliphatic heterocycles. The van der Waals surface area contributed by atoms with Gasteiger partial charge in [-0.3, -0.25) is 4.40 Å². The Bertz CT molecular complexity index is 908. The van der Waals surface area contributed by atoms with E-state index in [-0.39, 0.29) is 0 Å². The van der Waals surface area contributed by atoms with Gasteiger partial charge < -0.3 is 9.73 Å². The van der Waals surface area contributed by atoms with Crippen molar-refractivity contribution in [3.63, 3.8) is 0 Å². The van der Waals surface area contributed by atoms with Gasteiger partial charge in [0.25, 0.3) is 0 Å². The Morgan fingerprint density at radius 2 is 1.95 bits per heavy atom. The molecule has 0 saturated carbocycles. The second kappa shape index (κ2) is 5.04. The Morgan fingerprint density at radius 1 is 1.09 bits per heavy atom. The molecule has 0 fully saturated rings. The number of anilines is 2. The summed E-state index contributed by atoms with van der Waals surface area (Å²) in [4.78, 5) is 8.86. The highest BCUT2D eigenvalue weighted by Gasteiger charge is 2.16. The van der Waals surface area contributed by atoms with Gasteiger partial charge in [-0.1, -0.05) is 17.7 Å². The van der Waals surface area contributed by atoms with E-state index in [1.54, 1.807) is 12.5 Å². The van der Waals surface area contributed by atoms with Crippen LogP contribution in [0.25, 0.3) is 17.2 Å². The van der Waals surface area contributed by atoms with Crippen LogP contribution in [0.3, 0.4) is 0 Å². The van der Waals surface area contributed by atoms with Crippen molar-refractivity contribution in [1.82, 2.24) is 14.4 Å². The van der Waals surface area contributed by atoms with Gasteiger partial charge in [0, 0.05) is 18.1 Å². The van der Waals surface area contributed by atoms with E-state index in [0.717, 1.165) is 17.2 Å². The van der Waals surface area contributed by atoms with Crippen molar-refractivity contribution < 1.29 is 4.42 Å². The number of hydrogen-bond acceptors (Lipinski definition) is 4. The molecule has 3 heterocycles. The summed E-state index contributed by atoms with van der Waals surface area (Å²) < 4.78 is 7.42. The second-order valence-corrected chi connectivity index (χ2v) is 5.07. The lowest BCUT2D eigenvalue weighted by molar-refractivity contribution is 0.581. The fourth-order valence-electron chi connectivity index (χ4n) is 2.37. The first kappa shape index (κ1) is 12.6. The first-order chi connectivity index (χ1) is 10.8. The molecule has 0 aliphatic carbocycles. The van der Waals surface area contributed by atoms with Gasteiger partial charge in [0.1, 0.15) is 5.82 Å². The molecule has 0 spiro atoms. The zero-order valence-electron chi connectivity index (χ0n) is 12.0. The third-order valence-corrected chi connectivity index (χ3v) is 3.47. The van der Waals surface area contributed by atoms with E-state index in [1.165, 1.54) is 5.56 Å². The van der Waals surface area contributed by atoms with Gasteiger partial charge in [-0.15, -0.1) is 0 Å². The number of fused-ring (bicyclic) bond motifs is 1. The summed E-state index contributed by atoms with van der Waals surface area (Å²) in [5.41, 5.74) is 2.95. The number of nitrogens with one attached hydrogen (secondary N) is 1. The van der Waals surface area contributed by atoms with Gasteiger partial charge >= 0.3 is 0 Å². The van der Waals surface area contributed by atoms with E-state index in [0.29, 0.717) is 11.5 Å². The third-order valence-electron chi connectivity index (χ3n) is 3.47. The molecule has 0 unspecified atom stereocenters. The molecule has 5 nitrogen and oxygen atoms in total. The van der Waals surface area contributed by atoms with Gasteiger partial charge in [-0.05, 0) is 37.3 Å². The summed E-state index contributed by atoms with van der Waals surface area (Å²) in [6.07, 6.45) is 5.30. The Morgan fingerprint density at radius 3 is 2.73 bits per heavy atom. The summed E-state index contributed by atoms with van der Waals surface area (Å²) in [6.45, 7) is 2.07. The molecule has 1 aromatic carbocycles. The van der Waals surface area contributed by atoms with Crippen LogP contribution in [-0.2, 0) is 0 Å². The number of nitrogens with zero attached hydrogens (tertiary/aromatic N) is 3. The normalized spacial score (nSPS) is 11.0. The first-order valence-electron chi connectivity index (χ1n) is 7.02. The molecule has 0 bridgehead atoms. The van der Waals surface area contributed by atoms with Crippen molar-refractivity contribution in [1.29, 1.82) is 0 Å². The van der Waals surface area contributed by atoms with Crippen molar-refractivity contribution in [3.05, 3.63) is 66.7 Å². The molecule has 3 aromatic heterocycles. The average molecular weight is 290 g/mol. The van der Waals surface area contributed by atoms with Crippen LogP contribution in [0.1, 0.15) is 5.56 Å². The molecule has 0 amide bonds. The fourth-order valence-corrected chi connectivity index (χ4v) is 2.37. The minimum Gasteiger partial charge on any atom is -0.463 e. The van der Waals surface area contributed by atoms with Crippen LogP contribution in [0.15, 0.2) is 65.5 Å². The van der Waals surface area contributed by atoms with E-state index in [1.807, 2.05) is 40.9 Å². The predicted octanol–water partition coefficient (Wildman–Crippen LogP) is 4.04. The van der Waals surface area contributed by atoms with Crippen molar-refractivity contribution in [2.24, 2.45) is 0 Å². The molecular formula is C17H14N4O. The smallest absolute Gasteiger partial charge is 0.236 e. The summed E-state index contributed by atoms with van der Waals surface area (Å²) in [5.74, 6) is 2.17. The van der Waals surface area contributed by atoms with Gasteiger partial charge in [0.15, 0.2) is 11.5 Å². The Kier molecular flexibility index (Phi) is 2.89. The van der Waals surface area contributed by atoms with Crippen LogP contribution >= 0.6 is 0 Å². The number of benzene rings is 1. The molecule has 0 radical (unpaired) electrons. The van der Waals surface area contributed by atoms with Crippen LogP contribution in [0.4, 0.5) is 11.5 Å². The molecular weight excluding hydrogens is 276 g/mol. The number of aromatic nitrogens is 3. The number of rotatable bonds is 3. The Labute approximate surface area is 127 Å². The topological polar surface area (TPSA) is 55.4 Å². The minimum absolute atomic E-state index is 0.628. The number of aryl methyl sites for hydroxylation is 1. The lowest BCUT2D eigenvalue weighted by Crippen LogP contribution is -1.97. The Balaban J connectivity index is 1.87. The van der Waals surface area contributed by atoms with Gasteiger partial charge in [0.05, 0.1) is 6.26 Å². The average Bonchev–Trinajstić information content (AvgIpc) is 3.18. The van der Waals surface area contributed by atoms with Crippen molar-refractivity contribution in [3.8, 4) is 11.5 Å². The van der Waals surface area contributed by atoms with Gasteiger partial charge in [0.2, 0.25) is 5.78 Å². The van der Waals surface area contributed by atoms with Gasteiger partial charge in [-0.2, -0.15) is 0 Å². The standard InChI is InChI=1S/C17H14N4O/c1-12-5-7-13(8-6-12)19-16-15(14-4-2-11-22-14)20-17-18-9-3-10-21(16)17/h2-11,19H,1H3. The molecule has 0 saturated heterocycles. The van der Waals surface area contributed by atoms with Crippen molar-refractivity contribution in [2.45, 2.75) is 6.92 Å². The number of imidazole rings is 1. The number of furan rings is 1. The van der Waals surface area contributed by atoms with Crippen molar-refractivity contribution in [2.75, 3.05) is 5.32 Å². The van der Waals surface area contributed by atoms with Crippen LogP contribution < -0.4 is 5.32 Å². The third kappa shape index (κ3) is 2.13. The van der Waals surface area contributed by atoms with E-state index in [4.69, 9.17) is 4.42 Å². The summed E-state index contributed by atoms with van der Waals surface area (Å²) >= 11 is 0. The highest BCUT2D eigenvalue weighted by Crippen LogP contribution is 2.30. The van der Waals surface area contributed by atoms with Crippen LogP contribution in [0.5, 0.6) is 0 Å². The van der Waals surface area contributed by atoms with Crippen LogP contribution in [0.2, 0.25) is 0 Å². The fraction of sp³-hybridized carbons (Fsp3) is 0.0588. The summed E-state index contributed by atoms with van der Waals surface area (Å²) in [5, 5.41) is 3.41. The molecule has 0 aliphatic rings. The maximum absolute atomic E-state index is 5.50. The van der Waals surface area contributed by atoms with E-state index < -0.39 is 0 Å². The van der Waals surface area contributed by atoms with Crippen molar-refractivity contribution >= 4 is 17.3 Å². The van der Waals surface area contributed by atoms with E-state index in [2.05, 4.69) is 34.3 Å². The monoisotopic (exact) mass is 290 g/mol. The zero-order valence-corrected chi connectivity index (χ0v) is 12.0. The lowest BCUT2D eigenvalue weighted by Gasteiger charge is -2.08. The highest BCUT2D eigenvalue weighted by molar-refractivity contribution is 5.76. The Hall–Kier alpha value is -3.08. The molecule has 0 atom stereocenters. The second-order valence-electron chi connectivity index (χ2n) is 5.07. The summed E-state index contributed by atoms with van der Waals surface area (Å²) in [7, 11) is 0.